The number of para-hydroxylation sites is 2. The Morgan fingerprint density at radius 1 is 1.07 bits per heavy atom. The minimum Gasteiger partial charge on any atom is -0.457 e. The van der Waals surface area contributed by atoms with Crippen molar-refractivity contribution in [2.45, 2.75) is 26.8 Å². The molecule has 0 saturated heterocycles. The molecule has 1 N–H and O–H groups in total. The number of Topliss-reactive ketones (excluding diaryl/α,β-unsaturated/α-hetero) is 1. The molecule has 0 spiro atoms. The summed E-state index contributed by atoms with van der Waals surface area (Å²) >= 11 is 0. The Morgan fingerprint density at radius 3 is 2.67 bits per heavy atom. The summed E-state index contributed by atoms with van der Waals surface area (Å²) in [4.78, 5) is 44.8. The van der Waals surface area contributed by atoms with E-state index < -0.39 is 5.97 Å². The van der Waals surface area contributed by atoms with E-state index in [9.17, 15) is 14.4 Å². The van der Waals surface area contributed by atoms with E-state index >= 15 is 0 Å². The summed E-state index contributed by atoms with van der Waals surface area (Å²) in [5.74, 6) is -0.810. The van der Waals surface area contributed by atoms with Crippen molar-refractivity contribution in [1.29, 1.82) is 0 Å². The van der Waals surface area contributed by atoms with Gasteiger partial charge in [0.25, 0.3) is 5.56 Å². The highest BCUT2D eigenvalue weighted by atomic mass is 16.5. The topological polar surface area (TPSA) is 94.1 Å². The molecule has 0 saturated carbocycles. The van der Waals surface area contributed by atoms with Crippen LogP contribution in [0.15, 0.2) is 53.6 Å². The zero-order chi connectivity index (χ0) is 21.3. The first-order valence-corrected chi connectivity index (χ1v) is 9.66. The third kappa shape index (κ3) is 3.61. The highest BCUT2D eigenvalue weighted by Gasteiger charge is 2.17. The number of ether oxygens (including phenoxy) is 1. The van der Waals surface area contributed by atoms with Gasteiger partial charge in [0.1, 0.15) is 0 Å². The lowest BCUT2D eigenvalue weighted by Gasteiger charge is -2.08. The molecule has 152 valence electrons. The maximum Gasteiger partial charge on any atom is 0.308 e. The van der Waals surface area contributed by atoms with Crippen molar-refractivity contribution in [3.05, 3.63) is 76.0 Å². The first kappa shape index (κ1) is 19.6. The number of aromatic nitrogens is 3. The Balaban J connectivity index is 1.40. The number of benzene rings is 2. The van der Waals surface area contributed by atoms with E-state index in [2.05, 4.69) is 9.97 Å². The number of ketones is 1. The molecular formula is C23H21N3O4. The van der Waals surface area contributed by atoms with Gasteiger partial charge in [0.2, 0.25) is 5.78 Å². The van der Waals surface area contributed by atoms with Gasteiger partial charge in [0, 0.05) is 28.7 Å². The van der Waals surface area contributed by atoms with Crippen LogP contribution >= 0.6 is 0 Å². The van der Waals surface area contributed by atoms with Crippen LogP contribution in [-0.2, 0) is 16.1 Å². The Bertz CT molecular complexity index is 1330. The minimum absolute atomic E-state index is 0.0287. The standard InChI is InChI=1S/C23H21N3O4/c1-14-6-5-8-17-22(14)24-13-26(23(17)29)11-10-20(28)30-12-19(27)21-15(2)25-18-9-4-3-7-16(18)21/h3-9,13,25H,10-12H2,1-2H3. The lowest BCUT2D eigenvalue weighted by atomic mass is 10.1. The fourth-order valence-electron chi connectivity index (χ4n) is 3.63. The third-order valence-corrected chi connectivity index (χ3v) is 5.15. The number of rotatable bonds is 6. The molecule has 0 amide bonds. The first-order chi connectivity index (χ1) is 14.5. The number of aryl methyl sites for hydroxylation is 3. The number of nitrogens with zero attached hydrogens (tertiary/aromatic N) is 2. The van der Waals surface area contributed by atoms with E-state index in [-0.39, 0.29) is 30.9 Å². The first-order valence-electron chi connectivity index (χ1n) is 9.66. The van der Waals surface area contributed by atoms with E-state index in [1.54, 1.807) is 12.1 Å². The van der Waals surface area contributed by atoms with Crippen molar-refractivity contribution in [1.82, 2.24) is 14.5 Å². The van der Waals surface area contributed by atoms with Crippen molar-refractivity contribution in [3.63, 3.8) is 0 Å². The third-order valence-electron chi connectivity index (χ3n) is 5.15. The van der Waals surface area contributed by atoms with Gasteiger partial charge in [-0.3, -0.25) is 19.0 Å². The van der Waals surface area contributed by atoms with E-state index in [1.807, 2.05) is 44.2 Å². The zero-order valence-electron chi connectivity index (χ0n) is 16.8. The molecule has 0 aliphatic rings. The van der Waals surface area contributed by atoms with Crippen molar-refractivity contribution >= 4 is 33.6 Å². The normalized spacial score (nSPS) is 11.1. The molecule has 0 aliphatic heterocycles. The largest absolute Gasteiger partial charge is 0.457 e. The average Bonchev–Trinajstić information content (AvgIpc) is 3.08. The molecule has 0 bridgehead atoms. The Morgan fingerprint density at radius 2 is 1.83 bits per heavy atom. The second-order valence-electron chi connectivity index (χ2n) is 7.22. The Labute approximate surface area is 172 Å². The summed E-state index contributed by atoms with van der Waals surface area (Å²) in [6, 6.07) is 12.9. The number of carbonyl (C=O) groups is 2. The fourth-order valence-corrected chi connectivity index (χ4v) is 3.63. The predicted octanol–water partition coefficient (Wildman–Crippen LogP) is 3.31. The van der Waals surface area contributed by atoms with E-state index in [1.165, 1.54) is 10.9 Å². The molecule has 0 fully saturated rings. The van der Waals surface area contributed by atoms with Crippen LogP contribution in [0.5, 0.6) is 0 Å². The number of fused-ring (bicyclic) bond motifs is 2. The molecule has 0 radical (unpaired) electrons. The van der Waals surface area contributed by atoms with Gasteiger partial charge in [-0.15, -0.1) is 0 Å². The number of carbonyl (C=O) groups excluding carboxylic acids is 2. The molecule has 7 heteroatoms. The summed E-state index contributed by atoms with van der Waals surface area (Å²) in [6.07, 6.45) is 1.41. The van der Waals surface area contributed by atoms with Crippen molar-refractivity contribution in [2.24, 2.45) is 0 Å². The maximum absolute atomic E-state index is 12.6. The van der Waals surface area contributed by atoms with Crippen LogP contribution in [0, 0.1) is 13.8 Å². The number of H-pyrrole nitrogens is 1. The van der Waals surface area contributed by atoms with E-state index in [4.69, 9.17) is 4.74 Å². The van der Waals surface area contributed by atoms with Gasteiger partial charge >= 0.3 is 5.97 Å². The molecule has 2 heterocycles. The molecule has 7 nitrogen and oxygen atoms in total. The average molecular weight is 403 g/mol. The number of hydrogen-bond donors (Lipinski definition) is 1. The fraction of sp³-hybridized carbons (Fsp3) is 0.217. The number of esters is 1. The molecule has 0 aliphatic carbocycles. The Kier molecular flexibility index (Phi) is 5.18. The summed E-state index contributed by atoms with van der Waals surface area (Å²) < 4.78 is 6.55. The van der Waals surface area contributed by atoms with Gasteiger partial charge in [0.05, 0.1) is 23.7 Å². The van der Waals surface area contributed by atoms with Crippen LogP contribution in [0.25, 0.3) is 21.8 Å². The van der Waals surface area contributed by atoms with Crippen LogP contribution in [-0.4, -0.2) is 32.9 Å². The summed E-state index contributed by atoms with van der Waals surface area (Å²) in [5.41, 5.74) is 3.50. The van der Waals surface area contributed by atoms with Crippen molar-refractivity contribution < 1.29 is 14.3 Å². The van der Waals surface area contributed by atoms with Crippen molar-refractivity contribution in [2.75, 3.05) is 6.61 Å². The van der Waals surface area contributed by atoms with Gasteiger partial charge in [-0.1, -0.05) is 30.3 Å². The summed E-state index contributed by atoms with van der Waals surface area (Å²) in [6.45, 7) is 3.50. The number of aromatic amines is 1. The molecule has 4 rings (SSSR count). The van der Waals surface area contributed by atoms with Crippen LogP contribution in [0.2, 0.25) is 0 Å². The lowest BCUT2D eigenvalue weighted by Crippen LogP contribution is -2.23. The van der Waals surface area contributed by atoms with Crippen LogP contribution < -0.4 is 5.56 Å². The van der Waals surface area contributed by atoms with Gasteiger partial charge in [0.15, 0.2) is 6.61 Å². The smallest absolute Gasteiger partial charge is 0.308 e. The molecule has 2 aromatic heterocycles. The Hall–Kier alpha value is -3.74. The second kappa shape index (κ2) is 7.94. The van der Waals surface area contributed by atoms with Gasteiger partial charge in [-0.25, -0.2) is 4.98 Å². The molecular weight excluding hydrogens is 382 g/mol. The van der Waals surface area contributed by atoms with Crippen LogP contribution in [0.4, 0.5) is 0 Å². The maximum atomic E-state index is 12.6. The van der Waals surface area contributed by atoms with Crippen LogP contribution in [0.3, 0.4) is 0 Å². The van der Waals surface area contributed by atoms with Gasteiger partial charge < -0.3 is 9.72 Å². The summed E-state index contributed by atoms with van der Waals surface area (Å²) in [7, 11) is 0. The van der Waals surface area contributed by atoms with Gasteiger partial charge in [-0.2, -0.15) is 0 Å². The van der Waals surface area contributed by atoms with Crippen molar-refractivity contribution in [3.8, 4) is 0 Å². The molecule has 4 aromatic rings. The molecule has 30 heavy (non-hydrogen) atoms. The SMILES string of the molecule is Cc1[nH]c2ccccc2c1C(=O)COC(=O)CCn1cnc2c(C)cccc2c1=O. The van der Waals surface area contributed by atoms with Crippen LogP contribution in [0.1, 0.15) is 28.0 Å². The van der Waals surface area contributed by atoms with Gasteiger partial charge in [-0.05, 0) is 31.5 Å². The minimum atomic E-state index is -0.544. The number of hydrogen-bond acceptors (Lipinski definition) is 5. The molecule has 2 aromatic carbocycles. The highest BCUT2D eigenvalue weighted by Crippen LogP contribution is 2.22. The zero-order valence-corrected chi connectivity index (χ0v) is 16.8. The quantitative estimate of drug-likeness (QED) is 0.394. The molecule has 0 unspecified atom stereocenters. The highest BCUT2D eigenvalue weighted by molar-refractivity contribution is 6.10. The predicted molar refractivity (Wildman–Crippen MR) is 114 cm³/mol. The second-order valence-corrected chi connectivity index (χ2v) is 7.22. The lowest BCUT2D eigenvalue weighted by molar-refractivity contribution is -0.142. The summed E-state index contributed by atoms with van der Waals surface area (Å²) in [5, 5.41) is 1.32. The molecule has 0 atom stereocenters. The van der Waals surface area contributed by atoms with E-state index in [0.29, 0.717) is 16.5 Å². The van der Waals surface area contributed by atoms with E-state index in [0.717, 1.165) is 22.2 Å². The monoisotopic (exact) mass is 403 g/mol. The number of nitrogens with one attached hydrogen (secondary N) is 1.